The third-order valence-corrected chi connectivity index (χ3v) is 4.46. The van der Waals surface area contributed by atoms with Gasteiger partial charge in [-0.3, -0.25) is 4.55 Å². The molecule has 0 spiro atoms. The van der Waals surface area contributed by atoms with Crippen LogP contribution in [0.1, 0.15) is 5.56 Å². The number of nitrogens with two attached hydrogens (primary N) is 1. The summed E-state index contributed by atoms with van der Waals surface area (Å²) in [5, 5.41) is 4.91. The van der Waals surface area contributed by atoms with Crippen LogP contribution in [0.25, 0.3) is 10.8 Å². The Morgan fingerprint density at radius 1 is 1.00 bits per heavy atom. The van der Waals surface area contributed by atoms with E-state index in [-0.39, 0.29) is 4.90 Å². The first-order chi connectivity index (χ1) is 10.9. The molecule has 0 aliphatic heterocycles. The Morgan fingerprint density at radius 3 is 2.43 bits per heavy atom. The minimum Gasteiger partial charge on any atom is -0.399 e. The SMILES string of the molecule is Nc1ccc(CNc2cccc3ccc(S(=O)(=O)O)cc23)cc1. The molecule has 3 aromatic rings. The van der Waals surface area contributed by atoms with Crippen LogP contribution < -0.4 is 11.1 Å². The molecule has 6 heteroatoms. The Morgan fingerprint density at radius 2 is 1.74 bits per heavy atom. The molecule has 0 saturated carbocycles. The van der Waals surface area contributed by atoms with Crippen LogP contribution in [0.15, 0.2) is 65.6 Å². The largest absolute Gasteiger partial charge is 0.399 e. The predicted molar refractivity (Wildman–Crippen MR) is 91.9 cm³/mol. The van der Waals surface area contributed by atoms with Crippen molar-refractivity contribution in [2.75, 3.05) is 11.1 Å². The highest BCUT2D eigenvalue weighted by atomic mass is 32.2. The van der Waals surface area contributed by atoms with E-state index in [1.807, 2.05) is 42.5 Å². The molecule has 3 rings (SSSR count). The fourth-order valence-corrected chi connectivity index (χ4v) is 2.91. The predicted octanol–water partition coefficient (Wildman–Crippen LogP) is 3.28. The highest BCUT2D eigenvalue weighted by molar-refractivity contribution is 7.85. The molecule has 0 amide bonds. The van der Waals surface area contributed by atoms with Gasteiger partial charge >= 0.3 is 0 Å². The molecule has 0 unspecified atom stereocenters. The van der Waals surface area contributed by atoms with E-state index in [0.717, 1.165) is 22.0 Å². The quantitative estimate of drug-likeness (QED) is 0.505. The van der Waals surface area contributed by atoms with Gasteiger partial charge in [0.15, 0.2) is 0 Å². The van der Waals surface area contributed by atoms with Crippen molar-refractivity contribution in [3.8, 4) is 0 Å². The first kappa shape index (κ1) is 15.3. The Hall–Kier alpha value is -2.57. The van der Waals surface area contributed by atoms with E-state index in [0.29, 0.717) is 12.2 Å². The van der Waals surface area contributed by atoms with Crippen LogP contribution in [0.3, 0.4) is 0 Å². The number of rotatable bonds is 4. The molecule has 0 aliphatic carbocycles. The van der Waals surface area contributed by atoms with Crippen LogP contribution in [0.4, 0.5) is 11.4 Å². The second kappa shape index (κ2) is 5.91. The first-order valence-electron chi connectivity index (χ1n) is 7.02. The normalized spacial score (nSPS) is 11.5. The van der Waals surface area contributed by atoms with Crippen molar-refractivity contribution in [2.45, 2.75) is 11.4 Å². The fraction of sp³-hybridized carbons (Fsp3) is 0.0588. The molecular formula is C17H16N2O3S. The molecular weight excluding hydrogens is 312 g/mol. The number of fused-ring (bicyclic) bond motifs is 1. The van der Waals surface area contributed by atoms with E-state index in [2.05, 4.69) is 5.32 Å². The lowest BCUT2D eigenvalue weighted by Gasteiger charge is -2.11. The van der Waals surface area contributed by atoms with Gasteiger partial charge in [-0.1, -0.05) is 30.3 Å². The van der Waals surface area contributed by atoms with Gasteiger partial charge in [-0.15, -0.1) is 0 Å². The van der Waals surface area contributed by atoms with Gasteiger partial charge < -0.3 is 11.1 Å². The summed E-state index contributed by atoms with van der Waals surface area (Å²) in [4.78, 5) is -0.119. The van der Waals surface area contributed by atoms with Crippen molar-refractivity contribution in [3.63, 3.8) is 0 Å². The summed E-state index contributed by atoms with van der Waals surface area (Å²) in [6, 6.07) is 17.7. The van der Waals surface area contributed by atoms with Gasteiger partial charge in [-0.05, 0) is 41.3 Å². The summed E-state index contributed by atoms with van der Waals surface area (Å²) in [7, 11) is -4.22. The summed E-state index contributed by atoms with van der Waals surface area (Å²) in [6.07, 6.45) is 0. The van der Waals surface area contributed by atoms with Gasteiger partial charge in [0.25, 0.3) is 10.1 Å². The smallest absolute Gasteiger partial charge is 0.294 e. The van der Waals surface area contributed by atoms with E-state index in [1.165, 1.54) is 12.1 Å². The molecule has 118 valence electrons. The highest BCUT2D eigenvalue weighted by Crippen LogP contribution is 2.26. The number of nitrogens with one attached hydrogen (secondary N) is 1. The summed E-state index contributed by atoms with van der Waals surface area (Å²) in [5.74, 6) is 0. The topological polar surface area (TPSA) is 92.4 Å². The molecule has 0 aromatic heterocycles. The van der Waals surface area contributed by atoms with Crippen molar-refractivity contribution in [2.24, 2.45) is 0 Å². The lowest BCUT2D eigenvalue weighted by atomic mass is 10.1. The zero-order valence-electron chi connectivity index (χ0n) is 12.2. The average Bonchev–Trinajstić information content (AvgIpc) is 2.53. The zero-order valence-corrected chi connectivity index (χ0v) is 13.0. The first-order valence-corrected chi connectivity index (χ1v) is 8.46. The van der Waals surface area contributed by atoms with Crippen LogP contribution in [0, 0.1) is 0 Å². The summed E-state index contributed by atoms with van der Waals surface area (Å²) >= 11 is 0. The standard InChI is InChI=1S/C17H16N2O3S/c18-14-7-4-12(5-8-14)11-19-17-3-1-2-13-6-9-15(10-16(13)17)23(20,21)22/h1-10,19H,11,18H2,(H,20,21,22). The fourth-order valence-electron chi connectivity index (χ4n) is 2.40. The molecule has 0 bridgehead atoms. The van der Waals surface area contributed by atoms with Crippen LogP contribution in [-0.2, 0) is 16.7 Å². The second-order valence-corrected chi connectivity index (χ2v) is 6.68. The number of anilines is 2. The Kier molecular flexibility index (Phi) is 3.94. The van der Waals surface area contributed by atoms with E-state index < -0.39 is 10.1 Å². The molecule has 4 N–H and O–H groups in total. The van der Waals surface area contributed by atoms with E-state index in [4.69, 9.17) is 5.73 Å². The average molecular weight is 328 g/mol. The lowest BCUT2D eigenvalue weighted by molar-refractivity contribution is 0.483. The van der Waals surface area contributed by atoms with Gasteiger partial charge in [0, 0.05) is 23.3 Å². The number of hydrogen-bond acceptors (Lipinski definition) is 4. The summed E-state index contributed by atoms with van der Waals surface area (Å²) in [5.41, 5.74) is 8.22. The number of hydrogen-bond donors (Lipinski definition) is 3. The van der Waals surface area contributed by atoms with Crippen molar-refractivity contribution in [1.82, 2.24) is 0 Å². The molecule has 23 heavy (non-hydrogen) atoms. The van der Waals surface area contributed by atoms with E-state index in [1.54, 1.807) is 6.07 Å². The molecule has 0 saturated heterocycles. The minimum atomic E-state index is -4.22. The number of nitrogen functional groups attached to an aromatic ring is 1. The van der Waals surface area contributed by atoms with Crippen molar-refractivity contribution in [1.29, 1.82) is 0 Å². The third-order valence-electron chi connectivity index (χ3n) is 3.61. The van der Waals surface area contributed by atoms with E-state index in [9.17, 15) is 13.0 Å². The molecule has 0 aliphatic rings. The van der Waals surface area contributed by atoms with Crippen LogP contribution in [-0.4, -0.2) is 13.0 Å². The maximum Gasteiger partial charge on any atom is 0.294 e. The Balaban J connectivity index is 1.95. The van der Waals surface area contributed by atoms with E-state index >= 15 is 0 Å². The zero-order chi connectivity index (χ0) is 16.4. The molecule has 3 aromatic carbocycles. The van der Waals surface area contributed by atoms with Crippen LogP contribution in [0.5, 0.6) is 0 Å². The summed E-state index contributed by atoms with van der Waals surface area (Å²) < 4.78 is 31.9. The van der Waals surface area contributed by atoms with Crippen molar-refractivity contribution < 1.29 is 13.0 Å². The van der Waals surface area contributed by atoms with Gasteiger partial charge in [0.2, 0.25) is 0 Å². The highest BCUT2D eigenvalue weighted by Gasteiger charge is 2.11. The third kappa shape index (κ3) is 3.44. The minimum absolute atomic E-state index is 0.119. The maximum absolute atomic E-state index is 11.3. The lowest BCUT2D eigenvalue weighted by Crippen LogP contribution is -2.01. The van der Waals surface area contributed by atoms with Crippen LogP contribution >= 0.6 is 0 Å². The molecule has 0 atom stereocenters. The van der Waals surface area contributed by atoms with Crippen molar-refractivity contribution in [3.05, 3.63) is 66.2 Å². The van der Waals surface area contributed by atoms with Crippen molar-refractivity contribution >= 4 is 32.3 Å². The maximum atomic E-state index is 11.3. The van der Waals surface area contributed by atoms with Crippen LogP contribution in [0.2, 0.25) is 0 Å². The molecule has 0 fully saturated rings. The Labute approximate surface area is 134 Å². The van der Waals surface area contributed by atoms with Gasteiger partial charge in [0.1, 0.15) is 0 Å². The monoisotopic (exact) mass is 328 g/mol. The number of benzene rings is 3. The Bertz CT molecular complexity index is 951. The summed E-state index contributed by atoms with van der Waals surface area (Å²) in [6.45, 7) is 0.579. The van der Waals surface area contributed by atoms with Gasteiger partial charge in [-0.2, -0.15) is 8.42 Å². The van der Waals surface area contributed by atoms with Gasteiger partial charge in [-0.25, -0.2) is 0 Å². The molecule has 0 radical (unpaired) electrons. The second-order valence-electron chi connectivity index (χ2n) is 5.26. The molecule has 5 nitrogen and oxygen atoms in total. The molecule has 0 heterocycles. The van der Waals surface area contributed by atoms with Gasteiger partial charge in [0.05, 0.1) is 4.90 Å².